The first-order valence-corrected chi connectivity index (χ1v) is 5.63. The molecule has 2 heterocycles. The first kappa shape index (κ1) is 13.5. The van der Waals surface area contributed by atoms with Crippen LogP contribution in [-0.4, -0.2) is 26.0 Å². The summed E-state index contributed by atoms with van der Waals surface area (Å²) in [5, 5.41) is 20.1. The fourth-order valence-corrected chi connectivity index (χ4v) is 1.71. The monoisotopic (exact) mass is 276 g/mol. The van der Waals surface area contributed by atoms with Gasteiger partial charge in [-0.15, -0.1) is 0 Å². The fourth-order valence-electron chi connectivity index (χ4n) is 1.71. The van der Waals surface area contributed by atoms with Crippen molar-refractivity contribution in [2.45, 2.75) is 13.8 Å². The maximum atomic E-state index is 12.2. The van der Waals surface area contributed by atoms with Gasteiger partial charge in [-0.1, -0.05) is 0 Å². The highest BCUT2D eigenvalue weighted by atomic mass is 16.6. The summed E-state index contributed by atoms with van der Waals surface area (Å²) in [6, 6.07) is 1.16. The number of aryl methyl sites for hydroxylation is 2. The lowest BCUT2D eigenvalue weighted by Gasteiger charge is -2.06. The van der Waals surface area contributed by atoms with Crippen molar-refractivity contribution in [3.05, 3.63) is 39.3 Å². The lowest BCUT2D eigenvalue weighted by Crippen LogP contribution is -2.15. The van der Waals surface area contributed by atoms with Crippen LogP contribution in [0.3, 0.4) is 0 Å². The number of carbonyl (C=O) groups excluding carboxylic acids is 1. The number of nitrogens with two attached hydrogens (primary N) is 1. The SMILES string of the molecule is Cc1n[nH]c(C)c1NC(=O)c1cc(N)ncc1[N+](=O)[O-]. The Kier molecular flexibility index (Phi) is 3.34. The van der Waals surface area contributed by atoms with E-state index in [1.165, 1.54) is 0 Å². The molecule has 2 aromatic heterocycles. The highest BCUT2D eigenvalue weighted by Gasteiger charge is 2.22. The molecule has 20 heavy (non-hydrogen) atoms. The number of hydrogen-bond donors (Lipinski definition) is 3. The van der Waals surface area contributed by atoms with Gasteiger partial charge in [0, 0.05) is 0 Å². The van der Waals surface area contributed by atoms with Gasteiger partial charge in [0.05, 0.1) is 22.0 Å². The maximum absolute atomic E-state index is 12.2. The Labute approximate surface area is 113 Å². The molecule has 0 saturated heterocycles. The molecule has 0 aliphatic carbocycles. The van der Waals surface area contributed by atoms with Crippen molar-refractivity contribution < 1.29 is 9.72 Å². The zero-order valence-corrected chi connectivity index (χ0v) is 10.8. The number of pyridine rings is 1. The first-order valence-electron chi connectivity index (χ1n) is 5.63. The third kappa shape index (κ3) is 2.41. The zero-order valence-electron chi connectivity index (χ0n) is 10.8. The van der Waals surface area contributed by atoms with Crippen LogP contribution in [0.5, 0.6) is 0 Å². The van der Waals surface area contributed by atoms with E-state index in [1.807, 2.05) is 0 Å². The number of rotatable bonds is 3. The Balaban J connectivity index is 2.39. The molecule has 0 aliphatic heterocycles. The third-order valence-electron chi connectivity index (χ3n) is 2.71. The van der Waals surface area contributed by atoms with E-state index in [2.05, 4.69) is 20.5 Å². The number of aromatic nitrogens is 3. The molecule has 9 heteroatoms. The van der Waals surface area contributed by atoms with Gasteiger partial charge >= 0.3 is 0 Å². The van der Waals surface area contributed by atoms with E-state index < -0.39 is 16.5 Å². The minimum atomic E-state index is -0.684. The van der Waals surface area contributed by atoms with Gasteiger partial charge in [-0.3, -0.25) is 20.0 Å². The molecule has 104 valence electrons. The minimum absolute atomic E-state index is 0.0291. The predicted octanol–water partition coefficient (Wildman–Crippen LogP) is 1.16. The average molecular weight is 276 g/mol. The van der Waals surface area contributed by atoms with E-state index >= 15 is 0 Å². The smallest absolute Gasteiger partial charge is 0.300 e. The van der Waals surface area contributed by atoms with Crippen molar-refractivity contribution in [3.63, 3.8) is 0 Å². The van der Waals surface area contributed by atoms with Gasteiger partial charge in [-0.05, 0) is 19.9 Å². The molecule has 0 spiro atoms. The Morgan fingerprint density at radius 3 is 2.75 bits per heavy atom. The number of nitro groups is 1. The summed E-state index contributed by atoms with van der Waals surface area (Å²) in [5.74, 6) is -0.611. The summed E-state index contributed by atoms with van der Waals surface area (Å²) in [7, 11) is 0. The molecular formula is C11H12N6O3. The molecule has 2 rings (SSSR count). The number of H-pyrrole nitrogens is 1. The Morgan fingerprint density at radius 1 is 1.50 bits per heavy atom. The molecule has 1 amide bonds. The second-order valence-electron chi connectivity index (χ2n) is 4.15. The molecule has 0 saturated carbocycles. The van der Waals surface area contributed by atoms with E-state index in [-0.39, 0.29) is 11.4 Å². The van der Waals surface area contributed by atoms with E-state index in [1.54, 1.807) is 13.8 Å². The van der Waals surface area contributed by atoms with Crippen molar-refractivity contribution in [1.29, 1.82) is 0 Å². The van der Waals surface area contributed by atoms with Crippen molar-refractivity contribution >= 4 is 23.1 Å². The number of nitrogens with zero attached hydrogens (tertiary/aromatic N) is 3. The number of amides is 1. The van der Waals surface area contributed by atoms with Crippen LogP contribution in [0.15, 0.2) is 12.3 Å². The van der Waals surface area contributed by atoms with Crippen LogP contribution in [0.1, 0.15) is 21.7 Å². The van der Waals surface area contributed by atoms with E-state index in [0.29, 0.717) is 17.1 Å². The summed E-state index contributed by atoms with van der Waals surface area (Å²) in [6.45, 7) is 3.43. The van der Waals surface area contributed by atoms with Crippen molar-refractivity contribution in [2.24, 2.45) is 0 Å². The largest absolute Gasteiger partial charge is 0.384 e. The van der Waals surface area contributed by atoms with Crippen molar-refractivity contribution in [1.82, 2.24) is 15.2 Å². The van der Waals surface area contributed by atoms with Crippen LogP contribution in [0.2, 0.25) is 0 Å². The van der Waals surface area contributed by atoms with Gasteiger partial charge in [0.25, 0.3) is 11.6 Å². The zero-order chi connectivity index (χ0) is 14.9. The number of carbonyl (C=O) groups is 1. The molecular weight excluding hydrogens is 264 g/mol. The molecule has 0 bridgehead atoms. The van der Waals surface area contributed by atoms with Crippen LogP contribution in [0, 0.1) is 24.0 Å². The standard InChI is InChI=1S/C11H12N6O3/c1-5-10(6(2)16-15-5)14-11(18)7-3-9(12)13-4-8(7)17(19)20/h3-4H,1-2H3,(H2,12,13)(H,14,18)(H,15,16). The summed E-state index contributed by atoms with van der Waals surface area (Å²) in [4.78, 5) is 26.0. The molecule has 4 N–H and O–H groups in total. The van der Waals surface area contributed by atoms with Crippen molar-refractivity contribution in [3.8, 4) is 0 Å². The average Bonchev–Trinajstić information content (AvgIpc) is 2.70. The Bertz CT molecular complexity index is 674. The number of nitrogen functional groups attached to an aromatic ring is 1. The number of nitrogens with one attached hydrogen (secondary N) is 2. The first-order chi connectivity index (χ1) is 9.40. The van der Waals surface area contributed by atoms with E-state index in [0.717, 1.165) is 12.3 Å². The van der Waals surface area contributed by atoms with Gasteiger partial charge in [0.1, 0.15) is 17.6 Å². The fraction of sp³-hybridized carbons (Fsp3) is 0.182. The minimum Gasteiger partial charge on any atom is -0.384 e. The van der Waals surface area contributed by atoms with Crippen LogP contribution in [0.25, 0.3) is 0 Å². The molecule has 0 atom stereocenters. The highest BCUT2D eigenvalue weighted by molar-refractivity contribution is 6.07. The summed E-state index contributed by atoms with van der Waals surface area (Å²) in [5.41, 5.74) is 6.63. The van der Waals surface area contributed by atoms with E-state index in [9.17, 15) is 14.9 Å². The molecule has 9 nitrogen and oxygen atoms in total. The second kappa shape index (κ2) is 4.96. The normalized spacial score (nSPS) is 10.3. The van der Waals surface area contributed by atoms with Crippen LogP contribution in [0.4, 0.5) is 17.2 Å². The molecule has 2 aromatic rings. The van der Waals surface area contributed by atoms with E-state index in [4.69, 9.17) is 5.73 Å². The summed E-state index contributed by atoms with van der Waals surface area (Å²) in [6.07, 6.45) is 0.958. The molecule has 0 fully saturated rings. The van der Waals surface area contributed by atoms with Gasteiger partial charge in [0.2, 0.25) is 0 Å². The van der Waals surface area contributed by atoms with Gasteiger partial charge in [0.15, 0.2) is 0 Å². The second-order valence-corrected chi connectivity index (χ2v) is 4.15. The van der Waals surface area contributed by atoms with Crippen LogP contribution < -0.4 is 11.1 Å². The quantitative estimate of drug-likeness (QED) is 0.567. The van der Waals surface area contributed by atoms with Crippen LogP contribution in [-0.2, 0) is 0 Å². The maximum Gasteiger partial charge on any atom is 0.300 e. The number of anilines is 2. The highest BCUT2D eigenvalue weighted by Crippen LogP contribution is 2.22. The summed E-state index contributed by atoms with van der Waals surface area (Å²) >= 11 is 0. The van der Waals surface area contributed by atoms with Gasteiger partial charge in [-0.2, -0.15) is 5.10 Å². The number of hydrogen-bond acceptors (Lipinski definition) is 6. The predicted molar refractivity (Wildman–Crippen MR) is 71.3 cm³/mol. The topological polar surface area (TPSA) is 140 Å². The number of aromatic amines is 1. The molecule has 0 radical (unpaired) electrons. The summed E-state index contributed by atoms with van der Waals surface area (Å²) < 4.78 is 0. The van der Waals surface area contributed by atoms with Gasteiger partial charge in [-0.25, -0.2) is 4.98 Å². The lowest BCUT2D eigenvalue weighted by molar-refractivity contribution is -0.385. The lowest BCUT2D eigenvalue weighted by atomic mass is 10.2. The molecule has 0 aromatic carbocycles. The van der Waals surface area contributed by atoms with Gasteiger partial charge < -0.3 is 11.1 Å². The molecule has 0 aliphatic rings. The molecule has 0 unspecified atom stereocenters. The van der Waals surface area contributed by atoms with Crippen molar-refractivity contribution in [2.75, 3.05) is 11.1 Å². The third-order valence-corrected chi connectivity index (χ3v) is 2.71. The Hall–Kier alpha value is -2.97. The van der Waals surface area contributed by atoms with Crippen LogP contribution >= 0.6 is 0 Å². The Morgan fingerprint density at radius 2 is 2.20 bits per heavy atom.